The Morgan fingerprint density at radius 3 is 2.65 bits per heavy atom. The molecule has 9 heteroatoms. The average Bonchev–Trinajstić information content (AvgIpc) is 3.55. The number of ether oxygens (including phenoxy) is 1. The molecule has 174 valence electrons. The van der Waals surface area contributed by atoms with E-state index in [0.29, 0.717) is 21.7 Å². The van der Waals surface area contributed by atoms with E-state index in [9.17, 15) is 4.79 Å². The van der Waals surface area contributed by atoms with Gasteiger partial charge in [-0.15, -0.1) is 0 Å². The van der Waals surface area contributed by atoms with Gasteiger partial charge in [0.2, 0.25) is 11.8 Å². The van der Waals surface area contributed by atoms with Crippen molar-refractivity contribution in [2.24, 2.45) is 0 Å². The number of benzene rings is 2. The smallest absolute Gasteiger partial charge is 0.268 e. The van der Waals surface area contributed by atoms with E-state index in [1.807, 2.05) is 6.07 Å². The minimum absolute atomic E-state index is 0.185. The van der Waals surface area contributed by atoms with Gasteiger partial charge in [-0.3, -0.25) is 9.69 Å². The Balaban J connectivity index is 1.31. The number of aromatic nitrogens is 2. The number of amides is 1. The maximum absolute atomic E-state index is 13.5. The summed E-state index contributed by atoms with van der Waals surface area (Å²) in [6, 6.07) is 11.5. The first kappa shape index (κ1) is 21.6. The third-order valence-corrected chi connectivity index (χ3v) is 7.33. The van der Waals surface area contributed by atoms with Gasteiger partial charge in [0.1, 0.15) is 5.56 Å². The molecule has 1 aromatic heterocycles. The van der Waals surface area contributed by atoms with Gasteiger partial charge in [0.15, 0.2) is 5.72 Å². The second-order valence-electron chi connectivity index (χ2n) is 9.43. The molecule has 0 atom stereocenters. The normalized spacial score (nSPS) is 19.3. The lowest BCUT2D eigenvalue weighted by molar-refractivity contribution is 0.0606. The van der Waals surface area contributed by atoms with E-state index >= 15 is 0 Å². The Bertz CT molecular complexity index is 1320. The Hall–Kier alpha value is -2.87. The highest BCUT2D eigenvalue weighted by Gasteiger charge is 2.47. The maximum atomic E-state index is 13.5. The molecule has 1 saturated carbocycles. The number of carbonyl (C=O) groups is 1. The molecular weight excluding hydrogens is 473 g/mol. The number of rotatable bonds is 3. The van der Waals surface area contributed by atoms with Crippen LogP contribution >= 0.6 is 23.2 Å². The largest absolute Gasteiger partial charge is 0.450 e. The van der Waals surface area contributed by atoms with E-state index in [4.69, 9.17) is 27.9 Å². The molecule has 2 aliphatic heterocycles. The summed E-state index contributed by atoms with van der Waals surface area (Å²) in [7, 11) is 0. The van der Waals surface area contributed by atoms with Crippen LogP contribution in [0.5, 0.6) is 5.88 Å². The minimum Gasteiger partial charge on any atom is -0.450 e. The summed E-state index contributed by atoms with van der Waals surface area (Å²) in [5, 5.41) is 7.63. The fourth-order valence-electron chi connectivity index (χ4n) is 4.95. The molecule has 0 saturated heterocycles. The lowest BCUT2D eigenvalue weighted by atomic mass is 9.92. The first-order valence-corrected chi connectivity index (χ1v) is 12.0. The zero-order chi connectivity index (χ0) is 23.7. The molecule has 0 unspecified atom stereocenters. The van der Waals surface area contributed by atoms with Crippen LogP contribution in [0.25, 0.3) is 0 Å². The number of para-hydroxylation sites is 1. The summed E-state index contributed by atoms with van der Waals surface area (Å²) >= 11 is 12.8. The third-order valence-electron chi connectivity index (χ3n) is 6.72. The Kier molecular flexibility index (Phi) is 4.82. The second-order valence-corrected chi connectivity index (χ2v) is 10.2. The summed E-state index contributed by atoms with van der Waals surface area (Å²) in [5.74, 6) is 0.247. The first-order chi connectivity index (χ1) is 16.3. The molecule has 1 amide bonds. The van der Waals surface area contributed by atoms with E-state index in [2.05, 4.69) is 32.7 Å². The number of hydrogen-bond acceptors (Lipinski definition) is 6. The van der Waals surface area contributed by atoms with Crippen molar-refractivity contribution in [3.05, 3.63) is 69.3 Å². The maximum Gasteiger partial charge on any atom is 0.268 e. The number of nitrogens with one attached hydrogen (secondary N) is 2. The quantitative estimate of drug-likeness (QED) is 0.503. The molecule has 2 N–H and O–H groups in total. The van der Waals surface area contributed by atoms with Crippen molar-refractivity contribution in [1.82, 2.24) is 15.3 Å². The van der Waals surface area contributed by atoms with Crippen molar-refractivity contribution in [3.8, 4) is 5.88 Å². The molecule has 0 radical (unpaired) electrons. The summed E-state index contributed by atoms with van der Waals surface area (Å²) in [6.45, 7) is 4.53. The standard InChI is InChI=1S/C25H23Cl2N5O2/c1-24(2)32(20-18(26)4-3-5-19(20)27)22(33)16-13-28-23(31-21(16)34-24)30-15-6-7-17-14(12-15)8-11-29-25(17)9-10-25/h3-7,12-13,29H,8-11H2,1-2H3,(H,28,30,31). The van der Waals surface area contributed by atoms with Crippen molar-refractivity contribution < 1.29 is 9.53 Å². The molecule has 3 aliphatic rings. The van der Waals surface area contributed by atoms with Crippen LogP contribution in [0.4, 0.5) is 17.3 Å². The zero-order valence-electron chi connectivity index (χ0n) is 18.8. The van der Waals surface area contributed by atoms with Crippen molar-refractivity contribution in [2.45, 2.75) is 44.4 Å². The highest BCUT2D eigenvalue weighted by Crippen LogP contribution is 2.49. The van der Waals surface area contributed by atoms with Crippen LogP contribution in [-0.2, 0) is 12.0 Å². The summed E-state index contributed by atoms with van der Waals surface area (Å²) in [4.78, 5) is 23.8. The third kappa shape index (κ3) is 3.42. The number of nitrogens with zero attached hydrogens (tertiary/aromatic N) is 3. The van der Waals surface area contributed by atoms with Gasteiger partial charge in [-0.25, -0.2) is 4.98 Å². The fraction of sp³-hybridized carbons (Fsp3) is 0.320. The van der Waals surface area contributed by atoms with Gasteiger partial charge in [-0.05, 0) is 68.5 Å². The molecule has 6 rings (SSSR count). The van der Waals surface area contributed by atoms with Gasteiger partial charge in [0.05, 0.1) is 15.7 Å². The van der Waals surface area contributed by atoms with Gasteiger partial charge in [0, 0.05) is 24.0 Å². The molecule has 0 bridgehead atoms. The van der Waals surface area contributed by atoms with Crippen molar-refractivity contribution in [1.29, 1.82) is 0 Å². The van der Waals surface area contributed by atoms with Gasteiger partial charge in [-0.2, -0.15) is 4.98 Å². The van der Waals surface area contributed by atoms with Gasteiger partial charge >= 0.3 is 0 Å². The number of anilines is 3. The van der Waals surface area contributed by atoms with E-state index in [1.54, 1.807) is 32.0 Å². The lowest BCUT2D eigenvalue weighted by Crippen LogP contribution is -2.55. The van der Waals surface area contributed by atoms with E-state index < -0.39 is 5.72 Å². The minimum atomic E-state index is -1.07. The zero-order valence-corrected chi connectivity index (χ0v) is 20.3. The molecule has 3 aromatic rings. The molecule has 1 aliphatic carbocycles. The molecule has 7 nitrogen and oxygen atoms in total. The van der Waals surface area contributed by atoms with E-state index in [1.165, 1.54) is 35.1 Å². The number of fused-ring (bicyclic) bond motifs is 3. The highest BCUT2D eigenvalue weighted by atomic mass is 35.5. The SMILES string of the molecule is CC1(C)Oc2nc(Nc3ccc4c(c3)CCNC43CC3)ncc2C(=O)N1c1c(Cl)cccc1Cl. The van der Waals surface area contributed by atoms with Crippen LogP contribution in [0, 0.1) is 0 Å². The Labute approximate surface area is 207 Å². The monoisotopic (exact) mass is 495 g/mol. The van der Waals surface area contributed by atoms with Crippen LogP contribution in [0.3, 0.4) is 0 Å². The van der Waals surface area contributed by atoms with Crippen LogP contribution in [0.15, 0.2) is 42.6 Å². The van der Waals surface area contributed by atoms with E-state index in [-0.39, 0.29) is 22.9 Å². The van der Waals surface area contributed by atoms with Crippen LogP contribution in [-0.4, -0.2) is 28.1 Å². The molecule has 34 heavy (non-hydrogen) atoms. The second kappa shape index (κ2) is 7.57. The van der Waals surface area contributed by atoms with Crippen LogP contribution in [0.1, 0.15) is 48.2 Å². The predicted octanol–water partition coefficient (Wildman–Crippen LogP) is 5.44. The van der Waals surface area contributed by atoms with Crippen molar-refractivity contribution in [3.63, 3.8) is 0 Å². The number of carbonyl (C=O) groups excluding carboxylic acids is 1. The summed E-state index contributed by atoms with van der Waals surface area (Å²) in [5.41, 5.74) is 3.40. The number of halogens is 2. The molecule has 2 aromatic carbocycles. The van der Waals surface area contributed by atoms with E-state index in [0.717, 1.165) is 18.7 Å². The van der Waals surface area contributed by atoms with Crippen molar-refractivity contribution in [2.75, 3.05) is 16.8 Å². The highest BCUT2D eigenvalue weighted by molar-refractivity contribution is 6.40. The molecule has 3 heterocycles. The summed E-state index contributed by atoms with van der Waals surface area (Å²) in [6.07, 6.45) is 4.85. The fourth-order valence-corrected chi connectivity index (χ4v) is 5.52. The van der Waals surface area contributed by atoms with Crippen molar-refractivity contribution >= 4 is 46.4 Å². The topological polar surface area (TPSA) is 79.4 Å². The molecule has 1 fully saturated rings. The predicted molar refractivity (Wildman–Crippen MR) is 132 cm³/mol. The van der Waals surface area contributed by atoms with Crippen LogP contribution < -0.4 is 20.3 Å². The first-order valence-electron chi connectivity index (χ1n) is 11.3. The average molecular weight is 496 g/mol. The Morgan fingerprint density at radius 2 is 1.91 bits per heavy atom. The van der Waals surface area contributed by atoms with Crippen LogP contribution in [0.2, 0.25) is 10.0 Å². The van der Waals surface area contributed by atoms with Gasteiger partial charge < -0.3 is 15.4 Å². The Morgan fingerprint density at radius 1 is 1.15 bits per heavy atom. The number of hydrogen-bond donors (Lipinski definition) is 2. The van der Waals surface area contributed by atoms with Gasteiger partial charge in [-0.1, -0.05) is 35.3 Å². The molecule has 1 spiro atoms. The van der Waals surface area contributed by atoms with Gasteiger partial charge in [0.25, 0.3) is 5.91 Å². The molecular formula is C25H23Cl2N5O2. The lowest BCUT2D eigenvalue weighted by Gasteiger charge is -2.42. The summed E-state index contributed by atoms with van der Waals surface area (Å²) < 4.78 is 6.16.